The molecule has 0 amide bonds. The Hall–Kier alpha value is -1.88. The summed E-state index contributed by atoms with van der Waals surface area (Å²) in [6.07, 6.45) is -0.849. The molecule has 0 aromatic carbocycles. The number of rotatable bonds is 2. The van der Waals surface area contributed by atoms with Gasteiger partial charge >= 0.3 is 5.69 Å². The van der Waals surface area contributed by atoms with Gasteiger partial charge in [0.1, 0.15) is 17.9 Å². The lowest BCUT2D eigenvalue weighted by Gasteiger charge is -2.14. The van der Waals surface area contributed by atoms with E-state index < -0.39 is 29.7 Å². The van der Waals surface area contributed by atoms with Gasteiger partial charge in [-0.3, -0.25) is 14.3 Å². The largest absolute Gasteiger partial charge is 0.394 e. The molecule has 0 radical (unpaired) electrons. The molecule has 1 aromatic heterocycles. The number of hydrogen-bond acceptors (Lipinski definition) is 5. The number of hydrogen-bond donors (Lipinski definition) is 3. The molecule has 3 atom stereocenters. The van der Waals surface area contributed by atoms with E-state index in [9.17, 15) is 14.7 Å². The van der Waals surface area contributed by atoms with Crippen LogP contribution in [-0.2, 0) is 4.74 Å². The van der Waals surface area contributed by atoms with Crippen molar-refractivity contribution in [1.82, 2.24) is 9.55 Å². The summed E-state index contributed by atoms with van der Waals surface area (Å²) in [4.78, 5) is 25.3. The highest BCUT2D eigenvalue weighted by Crippen LogP contribution is 2.27. The molecule has 0 bridgehead atoms. The van der Waals surface area contributed by atoms with Crippen molar-refractivity contribution < 1.29 is 14.9 Å². The minimum Gasteiger partial charge on any atom is -0.394 e. The molecule has 102 valence electrons. The fraction of sp³-hybridized carbons (Fsp3) is 0.500. The molecule has 1 aromatic rings. The third kappa shape index (κ3) is 2.61. The molecule has 0 unspecified atom stereocenters. The fourth-order valence-corrected chi connectivity index (χ4v) is 1.97. The monoisotopic (exact) mass is 266 g/mol. The van der Waals surface area contributed by atoms with Crippen molar-refractivity contribution >= 4 is 0 Å². The summed E-state index contributed by atoms with van der Waals surface area (Å²) in [5.41, 5.74) is -1.05. The molecule has 2 rings (SSSR count). The Labute approximate surface area is 108 Å². The summed E-state index contributed by atoms with van der Waals surface area (Å²) in [6.45, 7) is 1.24. The third-order valence-electron chi connectivity index (χ3n) is 2.92. The molecule has 1 aliphatic heterocycles. The average molecular weight is 266 g/mol. The number of aromatic nitrogens is 2. The maximum Gasteiger partial charge on any atom is 0.330 e. The van der Waals surface area contributed by atoms with Crippen LogP contribution in [0.15, 0.2) is 15.8 Å². The van der Waals surface area contributed by atoms with Crippen LogP contribution in [0.3, 0.4) is 0 Å². The number of H-pyrrole nitrogens is 1. The topological polar surface area (TPSA) is 105 Å². The van der Waals surface area contributed by atoms with Gasteiger partial charge in [-0.2, -0.15) is 0 Å². The van der Waals surface area contributed by atoms with E-state index >= 15 is 0 Å². The lowest BCUT2D eigenvalue weighted by atomic mass is 10.2. The molecule has 19 heavy (non-hydrogen) atoms. The summed E-state index contributed by atoms with van der Waals surface area (Å²) in [5, 5.41) is 18.6. The van der Waals surface area contributed by atoms with Crippen LogP contribution in [0.2, 0.25) is 0 Å². The van der Waals surface area contributed by atoms with Crippen LogP contribution in [0.5, 0.6) is 0 Å². The van der Waals surface area contributed by atoms with Crippen LogP contribution >= 0.6 is 0 Å². The van der Waals surface area contributed by atoms with Crippen LogP contribution in [-0.4, -0.2) is 38.6 Å². The molecule has 1 fully saturated rings. The van der Waals surface area contributed by atoms with Gasteiger partial charge in [0.15, 0.2) is 0 Å². The molecule has 1 saturated heterocycles. The summed E-state index contributed by atoms with van der Waals surface area (Å²) >= 11 is 0. The first-order valence-electron chi connectivity index (χ1n) is 5.79. The van der Waals surface area contributed by atoms with E-state index in [0.29, 0.717) is 0 Å². The first-order valence-corrected chi connectivity index (χ1v) is 5.79. The van der Waals surface area contributed by atoms with Crippen LogP contribution < -0.4 is 11.2 Å². The standard InChI is InChI=1S/C12H14N2O5/c1-2-3-7-5-14(12(18)13-11(7)17)10-4-8(16)9(6-15)19-10/h5,8-10,15-16H,4,6H2,1H3,(H,13,17,18)/t8-,9-,10-/m1/s1. The van der Waals surface area contributed by atoms with E-state index in [2.05, 4.69) is 16.8 Å². The van der Waals surface area contributed by atoms with Crippen LogP contribution in [0.25, 0.3) is 0 Å². The first-order chi connectivity index (χ1) is 9.06. The Morgan fingerprint density at radius 1 is 1.58 bits per heavy atom. The van der Waals surface area contributed by atoms with Crippen molar-refractivity contribution in [3.63, 3.8) is 0 Å². The molecule has 3 N–H and O–H groups in total. The highest BCUT2D eigenvalue weighted by atomic mass is 16.5. The molecule has 7 nitrogen and oxygen atoms in total. The smallest absolute Gasteiger partial charge is 0.330 e. The molecule has 1 aliphatic rings. The van der Waals surface area contributed by atoms with Crippen molar-refractivity contribution in [3.05, 3.63) is 32.6 Å². The summed E-state index contributed by atoms with van der Waals surface area (Å²) in [5.74, 6) is 5.16. The van der Waals surface area contributed by atoms with Gasteiger partial charge in [0, 0.05) is 12.6 Å². The normalized spacial score (nSPS) is 25.9. The van der Waals surface area contributed by atoms with Gasteiger partial charge in [-0.05, 0) is 6.92 Å². The Morgan fingerprint density at radius 3 is 2.89 bits per heavy atom. The quantitative estimate of drug-likeness (QED) is 0.568. The third-order valence-corrected chi connectivity index (χ3v) is 2.92. The number of aliphatic hydroxyl groups excluding tert-OH is 2. The number of aromatic amines is 1. The van der Waals surface area contributed by atoms with Crippen molar-refractivity contribution in [2.75, 3.05) is 6.61 Å². The van der Waals surface area contributed by atoms with Crippen molar-refractivity contribution in [2.45, 2.75) is 31.8 Å². The molecular formula is C12H14N2O5. The molecular weight excluding hydrogens is 252 g/mol. The zero-order chi connectivity index (χ0) is 14.0. The number of ether oxygens (including phenoxy) is 1. The molecule has 0 saturated carbocycles. The van der Waals surface area contributed by atoms with Gasteiger partial charge < -0.3 is 14.9 Å². The van der Waals surface area contributed by atoms with Gasteiger partial charge in [0.2, 0.25) is 0 Å². The van der Waals surface area contributed by atoms with E-state index in [1.807, 2.05) is 0 Å². The van der Waals surface area contributed by atoms with Crippen LogP contribution in [0.4, 0.5) is 0 Å². The second-order valence-electron chi connectivity index (χ2n) is 4.20. The lowest BCUT2D eigenvalue weighted by molar-refractivity contribution is -0.0459. The predicted octanol–water partition coefficient (Wildman–Crippen LogP) is -1.45. The van der Waals surface area contributed by atoms with Crippen LogP contribution in [0.1, 0.15) is 25.1 Å². The van der Waals surface area contributed by atoms with E-state index in [0.717, 1.165) is 0 Å². The van der Waals surface area contributed by atoms with E-state index in [-0.39, 0.29) is 18.6 Å². The van der Waals surface area contributed by atoms with Crippen molar-refractivity contribution in [3.8, 4) is 11.8 Å². The maximum absolute atomic E-state index is 11.7. The number of aliphatic hydroxyl groups is 2. The maximum atomic E-state index is 11.7. The van der Waals surface area contributed by atoms with Gasteiger partial charge in [-0.15, -0.1) is 5.92 Å². The van der Waals surface area contributed by atoms with Gasteiger partial charge in [-0.25, -0.2) is 4.79 Å². The Bertz CT molecular complexity index is 636. The molecule has 2 heterocycles. The van der Waals surface area contributed by atoms with Gasteiger partial charge in [0.25, 0.3) is 5.56 Å². The lowest BCUT2D eigenvalue weighted by Crippen LogP contribution is -2.33. The Kier molecular flexibility index (Phi) is 3.85. The van der Waals surface area contributed by atoms with E-state index in [1.54, 1.807) is 6.92 Å². The van der Waals surface area contributed by atoms with Gasteiger partial charge in [0.05, 0.1) is 12.7 Å². The van der Waals surface area contributed by atoms with Gasteiger partial charge in [-0.1, -0.05) is 5.92 Å². The Morgan fingerprint density at radius 2 is 2.32 bits per heavy atom. The fourth-order valence-electron chi connectivity index (χ4n) is 1.97. The van der Waals surface area contributed by atoms with E-state index in [1.165, 1.54) is 10.8 Å². The SMILES string of the molecule is CC#Cc1cn([C@H]2C[C@@H](O)[C@@H](CO)O2)c(=O)[nH]c1=O. The Balaban J connectivity index is 2.40. The summed E-state index contributed by atoms with van der Waals surface area (Å²) < 4.78 is 6.52. The van der Waals surface area contributed by atoms with Crippen molar-refractivity contribution in [2.24, 2.45) is 0 Å². The highest BCUT2D eigenvalue weighted by Gasteiger charge is 2.35. The number of nitrogens with one attached hydrogen (secondary N) is 1. The molecule has 0 aliphatic carbocycles. The first kappa shape index (κ1) is 13.5. The van der Waals surface area contributed by atoms with Crippen LogP contribution in [0, 0.1) is 11.8 Å². The minimum absolute atomic E-state index is 0.146. The predicted molar refractivity (Wildman–Crippen MR) is 65.5 cm³/mol. The highest BCUT2D eigenvalue weighted by molar-refractivity contribution is 5.28. The second kappa shape index (κ2) is 5.40. The summed E-state index contributed by atoms with van der Waals surface area (Å²) in [7, 11) is 0. The van der Waals surface area contributed by atoms with Crippen molar-refractivity contribution in [1.29, 1.82) is 0 Å². The molecule has 7 heteroatoms. The molecule has 0 spiro atoms. The summed E-state index contributed by atoms with van der Waals surface area (Å²) in [6, 6.07) is 0. The minimum atomic E-state index is -0.852. The zero-order valence-electron chi connectivity index (χ0n) is 10.3. The van der Waals surface area contributed by atoms with E-state index in [4.69, 9.17) is 9.84 Å². The second-order valence-corrected chi connectivity index (χ2v) is 4.20. The zero-order valence-corrected chi connectivity index (χ0v) is 10.3. The number of nitrogens with zero attached hydrogens (tertiary/aromatic N) is 1. The average Bonchev–Trinajstić information content (AvgIpc) is 2.74.